The van der Waals surface area contributed by atoms with E-state index in [-0.39, 0.29) is 5.82 Å². The number of halogens is 5. The van der Waals surface area contributed by atoms with Crippen LogP contribution in [0.2, 0.25) is 10.3 Å². The Kier molecular flexibility index (Phi) is 4.43. The number of aromatic nitrogens is 2. The van der Waals surface area contributed by atoms with Gasteiger partial charge in [-0.15, -0.1) is 0 Å². The smallest absolute Gasteiger partial charge is 0.433 e. The third-order valence-corrected chi connectivity index (χ3v) is 2.89. The van der Waals surface area contributed by atoms with Gasteiger partial charge in [-0.2, -0.15) is 13.2 Å². The molecular weight excluding hydrogens is 330 g/mol. The van der Waals surface area contributed by atoms with Gasteiger partial charge in [0, 0.05) is 17.8 Å². The van der Waals surface area contributed by atoms with E-state index in [1.54, 1.807) is 6.07 Å². The van der Waals surface area contributed by atoms with Crippen LogP contribution in [0.3, 0.4) is 0 Å². The SMILES string of the molecule is COc1cc(Nc2cc(C(F)(F)F)nc(Cl)n2)ccc1Cl. The standard InChI is InChI=1S/C12H8Cl2F3N3O/c1-21-8-4-6(2-3-7(8)13)18-10-5-9(12(15,16)17)19-11(14)20-10/h2-5H,1H3,(H,18,19,20). The first-order valence-electron chi connectivity index (χ1n) is 5.52. The van der Waals surface area contributed by atoms with Crippen LogP contribution in [-0.2, 0) is 6.18 Å². The van der Waals surface area contributed by atoms with Crippen molar-refractivity contribution in [1.82, 2.24) is 9.97 Å². The zero-order valence-corrected chi connectivity index (χ0v) is 12.0. The maximum Gasteiger partial charge on any atom is 0.433 e. The molecule has 9 heteroatoms. The highest BCUT2D eigenvalue weighted by Gasteiger charge is 2.33. The molecule has 0 saturated heterocycles. The Balaban J connectivity index is 2.33. The van der Waals surface area contributed by atoms with Crippen molar-refractivity contribution in [3.63, 3.8) is 0 Å². The van der Waals surface area contributed by atoms with Crippen molar-refractivity contribution in [3.05, 3.63) is 40.3 Å². The zero-order valence-electron chi connectivity index (χ0n) is 10.5. The van der Waals surface area contributed by atoms with Gasteiger partial charge in [-0.05, 0) is 23.7 Å². The van der Waals surface area contributed by atoms with Crippen molar-refractivity contribution in [2.24, 2.45) is 0 Å². The first kappa shape index (κ1) is 15.7. The summed E-state index contributed by atoms with van der Waals surface area (Å²) in [5, 5.41) is 2.55. The number of rotatable bonds is 3. The van der Waals surface area contributed by atoms with Crippen molar-refractivity contribution >= 4 is 34.7 Å². The number of benzene rings is 1. The second-order valence-corrected chi connectivity index (χ2v) is 4.62. The van der Waals surface area contributed by atoms with Crippen LogP contribution in [0.5, 0.6) is 5.75 Å². The van der Waals surface area contributed by atoms with Crippen LogP contribution in [0.1, 0.15) is 5.69 Å². The summed E-state index contributed by atoms with van der Waals surface area (Å²) in [4.78, 5) is 6.83. The molecule has 0 bridgehead atoms. The van der Waals surface area contributed by atoms with Crippen LogP contribution in [0.25, 0.3) is 0 Å². The second-order valence-electron chi connectivity index (χ2n) is 3.88. The molecule has 112 valence electrons. The van der Waals surface area contributed by atoms with Gasteiger partial charge in [-0.3, -0.25) is 0 Å². The fourth-order valence-corrected chi connectivity index (χ4v) is 1.89. The van der Waals surface area contributed by atoms with Gasteiger partial charge in [-0.1, -0.05) is 11.6 Å². The second kappa shape index (κ2) is 5.95. The van der Waals surface area contributed by atoms with Gasteiger partial charge in [0.05, 0.1) is 12.1 Å². The van der Waals surface area contributed by atoms with Gasteiger partial charge in [-0.25, -0.2) is 9.97 Å². The molecule has 21 heavy (non-hydrogen) atoms. The quantitative estimate of drug-likeness (QED) is 0.834. The number of ether oxygens (including phenoxy) is 1. The van der Waals surface area contributed by atoms with Crippen molar-refractivity contribution in [3.8, 4) is 5.75 Å². The predicted molar refractivity (Wildman–Crippen MR) is 73.3 cm³/mol. The van der Waals surface area contributed by atoms with E-state index in [2.05, 4.69) is 15.3 Å². The summed E-state index contributed by atoms with van der Waals surface area (Å²) in [6.07, 6.45) is -4.61. The summed E-state index contributed by atoms with van der Waals surface area (Å²) in [7, 11) is 1.42. The molecule has 0 spiro atoms. The van der Waals surface area contributed by atoms with Crippen molar-refractivity contribution in [2.75, 3.05) is 12.4 Å². The van der Waals surface area contributed by atoms with E-state index in [0.29, 0.717) is 16.5 Å². The molecule has 0 aliphatic heterocycles. The lowest BCUT2D eigenvalue weighted by molar-refractivity contribution is -0.141. The highest BCUT2D eigenvalue weighted by molar-refractivity contribution is 6.32. The van der Waals surface area contributed by atoms with E-state index in [4.69, 9.17) is 27.9 Å². The number of methoxy groups -OCH3 is 1. The third-order valence-electron chi connectivity index (χ3n) is 2.41. The van der Waals surface area contributed by atoms with Gasteiger partial charge in [0.2, 0.25) is 5.28 Å². The lowest BCUT2D eigenvalue weighted by Crippen LogP contribution is -2.10. The van der Waals surface area contributed by atoms with Crippen LogP contribution in [0.15, 0.2) is 24.3 Å². The van der Waals surface area contributed by atoms with E-state index >= 15 is 0 Å². The molecule has 4 nitrogen and oxygen atoms in total. The molecule has 0 fully saturated rings. The highest BCUT2D eigenvalue weighted by Crippen LogP contribution is 2.32. The number of nitrogens with zero attached hydrogens (tertiary/aromatic N) is 2. The minimum absolute atomic E-state index is 0.0910. The molecule has 1 aromatic carbocycles. The van der Waals surface area contributed by atoms with Crippen molar-refractivity contribution in [1.29, 1.82) is 0 Å². The van der Waals surface area contributed by atoms with Gasteiger partial charge in [0.25, 0.3) is 0 Å². The summed E-state index contributed by atoms with van der Waals surface area (Å²) < 4.78 is 42.9. The highest BCUT2D eigenvalue weighted by atomic mass is 35.5. The van der Waals surface area contributed by atoms with Crippen LogP contribution < -0.4 is 10.1 Å². The average molecular weight is 338 g/mol. The van der Waals surface area contributed by atoms with E-state index in [0.717, 1.165) is 6.07 Å². The Labute approximate surface area is 127 Å². The summed E-state index contributed by atoms with van der Waals surface area (Å²) in [6.45, 7) is 0. The van der Waals surface area contributed by atoms with Gasteiger partial charge < -0.3 is 10.1 Å². The third kappa shape index (κ3) is 3.89. The molecule has 2 aromatic rings. The Morgan fingerprint density at radius 1 is 1.14 bits per heavy atom. The minimum atomic E-state index is -4.61. The predicted octanol–water partition coefficient (Wildman–Crippen LogP) is 4.55. The molecule has 0 unspecified atom stereocenters. The Morgan fingerprint density at radius 2 is 1.86 bits per heavy atom. The van der Waals surface area contributed by atoms with Crippen LogP contribution >= 0.6 is 23.2 Å². The Morgan fingerprint density at radius 3 is 2.48 bits per heavy atom. The molecule has 1 heterocycles. The van der Waals surface area contributed by atoms with E-state index < -0.39 is 17.2 Å². The zero-order chi connectivity index (χ0) is 15.6. The van der Waals surface area contributed by atoms with E-state index in [1.165, 1.54) is 19.2 Å². The molecule has 0 atom stereocenters. The van der Waals surface area contributed by atoms with E-state index in [9.17, 15) is 13.2 Å². The number of anilines is 2. The molecule has 2 rings (SSSR count). The largest absolute Gasteiger partial charge is 0.495 e. The van der Waals surface area contributed by atoms with Crippen LogP contribution in [0.4, 0.5) is 24.7 Å². The molecule has 1 N–H and O–H groups in total. The monoisotopic (exact) mass is 337 g/mol. The minimum Gasteiger partial charge on any atom is -0.495 e. The fourth-order valence-electron chi connectivity index (χ4n) is 1.51. The molecule has 0 aliphatic rings. The maximum absolute atomic E-state index is 12.6. The number of hydrogen-bond donors (Lipinski definition) is 1. The number of hydrogen-bond acceptors (Lipinski definition) is 4. The topological polar surface area (TPSA) is 47.0 Å². The first-order chi connectivity index (χ1) is 9.79. The molecule has 0 saturated carbocycles. The summed E-state index contributed by atoms with van der Waals surface area (Å²) in [6, 6.07) is 5.38. The molecule has 0 aliphatic carbocycles. The normalized spacial score (nSPS) is 11.3. The fraction of sp³-hybridized carbons (Fsp3) is 0.167. The molecule has 1 aromatic heterocycles. The lowest BCUT2D eigenvalue weighted by Gasteiger charge is -2.11. The lowest BCUT2D eigenvalue weighted by atomic mass is 10.3. The maximum atomic E-state index is 12.6. The van der Waals surface area contributed by atoms with Gasteiger partial charge in [0.15, 0.2) is 5.69 Å². The van der Waals surface area contributed by atoms with Gasteiger partial charge >= 0.3 is 6.18 Å². The Hall–Kier alpha value is -1.73. The molecule has 0 radical (unpaired) electrons. The van der Waals surface area contributed by atoms with Crippen LogP contribution in [-0.4, -0.2) is 17.1 Å². The summed E-state index contributed by atoms with van der Waals surface area (Å²) in [5.74, 6) is 0.282. The molecule has 0 amide bonds. The molecular formula is C12H8Cl2F3N3O. The number of nitrogens with one attached hydrogen (secondary N) is 1. The first-order valence-corrected chi connectivity index (χ1v) is 6.27. The summed E-state index contributed by atoms with van der Waals surface area (Å²) in [5.41, 5.74) is -0.690. The summed E-state index contributed by atoms with van der Waals surface area (Å²) >= 11 is 11.4. The van der Waals surface area contributed by atoms with Crippen molar-refractivity contribution in [2.45, 2.75) is 6.18 Å². The number of alkyl halides is 3. The average Bonchev–Trinajstić information content (AvgIpc) is 2.39. The van der Waals surface area contributed by atoms with Crippen molar-refractivity contribution < 1.29 is 17.9 Å². The van der Waals surface area contributed by atoms with Crippen LogP contribution in [0, 0.1) is 0 Å². The van der Waals surface area contributed by atoms with E-state index in [1.807, 2.05) is 0 Å². The van der Waals surface area contributed by atoms with Gasteiger partial charge in [0.1, 0.15) is 11.6 Å². The Bertz CT molecular complexity index is 665.